The molecule has 1 rings (SSSR count). The van der Waals surface area contributed by atoms with E-state index < -0.39 is 12.0 Å². The number of hydrogen-bond acceptors (Lipinski definition) is 2. The van der Waals surface area contributed by atoms with Gasteiger partial charge in [-0.3, -0.25) is 4.79 Å². The number of benzene rings is 1. The zero-order valence-corrected chi connectivity index (χ0v) is 11.1. The highest BCUT2D eigenvalue weighted by Gasteiger charge is 2.17. The van der Waals surface area contributed by atoms with Crippen molar-refractivity contribution >= 4 is 5.97 Å². The molecule has 0 amide bonds. The average molecular weight is 249 g/mol. The van der Waals surface area contributed by atoms with Gasteiger partial charge in [-0.25, -0.2) is 0 Å². The molecule has 0 spiro atoms. The molecule has 100 valence electrons. The van der Waals surface area contributed by atoms with E-state index >= 15 is 0 Å². The van der Waals surface area contributed by atoms with Crippen LogP contribution >= 0.6 is 0 Å². The number of carbonyl (C=O) groups is 1. The van der Waals surface area contributed by atoms with E-state index in [4.69, 9.17) is 0 Å². The molecule has 2 N–H and O–H groups in total. The second-order valence-corrected chi connectivity index (χ2v) is 4.55. The molecule has 0 saturated carbocycles. The first-order chi connectivity index (χ1) is 8.75. The molecule has 0 aromatic heterocycles. The van der Waals surface area contributed by atoms with Crippen LogP contribution in [0, 0.1) is 0 Å². The van der Waals surface area contributed by atoms with Gasteiger partial charge in [-0.2, -0.15) is 0 Å². The molecule has 3 nitrogen and oxygen atoms in total. The quantitative estimate of drug-likeness (QED) is 0.660. The summed E-state index contributed by atoms with van der Waals surface area (Å²) in [5.41, 5.74) is 0.818. The Balaban J connectivity index is 2.34. The number of carboxylic acids is 1. The van der Waals surface area contributed by atoms with Crippen molar-refractivity contribution in [3.8, 4) is 0 Å². The van der Waals surface area contributed by atoms with Crippen LogP contribution in [0.5, 0.6) is 0 Å². The lowest BCUT2D eigenvalue weighted by Gasteiger charge is -2.14. The lowest BCUT2D eigenvalue weighted by molar-refractivity contribution is -0.139. The number of nitrogens with one attached hydrogen (secondary N) is 1. The molecule has 1 aromatic rings. The van der Waals surface area contributed by atoms with Crippen LogP contribution in [0.25, 0.3) is 0 Å². The SMILES string of the molecule is CCCCCCCN[C@H](C(=O)O)c1ccccc1. The van der Waals surface area contributed by atoms with Gasteiger partial charge in [0, 0.05) is 0 Å². The Bertz CT molecular complexity index is 338. The van der Waals surface area contributed by atoms with Crippen molar-refractivity contribution < 1.29 is 9.90 Å². The topological polar surface area (TPSA) is 49.3 Å². The van der Waals surface area contributed by atoms with Crippen LogP contribution in [0.15, 0.2) is 30.3 Å². The van der Waals surface area contributed by atoms with E-state index in [0.29, 0.717) is 0 Å². The van der Waals surface area contributed by atoms with Crippen molar-refractivity contribution in [1.29, 1.82) is 0 Å². The highest BCUT2D eigenvalue weighted by molar-refractivity contribution is 5.75. The molecule has 18 heavy (non-hydrogen) atoms. The molecule has 3 heteroatoms. The number of hydrogen-bond donors (Lipinski definition) is 2. The minimum atomic E-state index is -0.810. The van der Waals surface area contributed by atoms with E-state index in [9.17, 15) is 9.90 Å². The predicted octanol–water partition coefficient (Wildman–Crippen LogP) is 3.37. The van der Waals surface area contributed by atoms with Gasteiger partial charge in [0.1, 0.15) is 6.04 Å². The molecular formula is C15H23NO2. The van der Waals surface area contributed by atoms with Crippen molar-refractivity contribution in [2.24, 2.45) is 0 Å². The smallest absolute Gasteiger partial charge is 0.325 e. The minimum absolute atomic E-state index is 0.586. The third kappa shape index (κ3) is 5.32. The van der Waals surface area contributed by atoms with Crippen LogP contribution in [0.2, 0.25) is 0 Å². The normalized spacial score (nSPS) is 12.3. The van der Waals surface area contributed by atoms with Gasteiger partial charge in [-0.05, 0) is 18.5 Å². The molecule has 0 bridgehead atoms. The first-order valence-corrected chi connectivity index (χ1v) is 6.77. The van der Waals surface area contributed by atoms with Gasteiger partial charge in [0.05, 0.1) is 0 Å². The van der Waals surface area contributed by atoms with Crippen molar-refractivity contribution in [2.75, 3.05) is 6.54 Å². The minimum Gasteiger partial charge on any atom is -0.480 e. The Morgan fingerprint density at radius 1 is 1.17 bits per heavy atom. The maximum Gasteiger partial charge on any atom is 0.325 e. The highest BCUT2D eigenvalue weighted by Crippen LogP contribution is 2.12. The summed E-state index contributed by atoms with van der Waals surface area (Å²) in [5.74, 6) is -0.810. The van der Waals surface area contributed by atoms with Crippen LogP contribution in [0.3, 0.4) is 0 Å². The van der Waals surface area contributed by atoms with Crippen molar-refractivity contribution in [2.45, 2.75) is 45.1 Å². The highest BCUT2D eigenvalue weighted by atomic mass is 16.4. The van der Waals surface area contributed by atoms with Gasteiger partial charge >= 0.3 is 5.97 Å². The molecule has 0 heterocycles. The summed E-state index contributed by atoms with van der Waals surface area (Å²) >= 11 is 0. The van der Waals surface area contributed by atoms with Crippen molar-refractivity contribution in [3.63, 3.8) is 0 Å². The molecular weight excluding hydrogens is 226 g/mol. The maximum atomic E-state index is 11.2. The van der Waals surface area contributed by atoms with Gasteiger partial charge in [0.25, 0.3) is 0 Å². The van der Waals surface area contributed by atoms with Crippen LogP contribution in [0.1, 0.15) is 50.6 Å². The van der Waals surface area contributed by atoms with Gasteiger partial charge in [-0.15, -0.1) is 0 Å². The van der Waals surface area contributed by atoms with Crippen molar-refractivity contribution in [3.05, 3.63) is 35.9 Å². The van der Waals surface area contributed by atoms with Crippen LogP contribution in [0.4, 0.5) is 0 Å². The molecule has 0 radical (unpaired) electrons. The van der Waals surface area contributed by atoms with E-state index in [0.717, 1.165) is 18.5 Å². The van der Waals surface area contributed by atoms with Crippen LogP contribution in [-0.2, 0) is 4.79 Å². The summed E-state index contributed by atoms with van der Waals surface area (Å²) < 4.78 is 0. The van der Waals surface area contributed by atoms with Gasteiger partial charge in [0.2, 0.25) is 0 Å². The fourth-order valence-electron chi connectivity index (χ4n) is 1.97. The monoisotopic (exact) mass is 249 g/mol. The fourth-order valence-corrected chi connectivity index (χ4v) is 1.97. The second-order valence-electron chi connectivity index (χ2n) is 4.55. The molecule has 0 aliphatic rings. The molecule has 0 aliphatic heterocycles. The van der Waals surface area contributed by atoms with Crippen LogP contribution in [-0.4, -0.2) is 17.6 Å². The van der Waals surface area contributed by atoms with E-state index in [1.807, 2.05) is 30.3 Å². The Morgan fingerprint density at radius 2 is 1.83 bits per heavy atom. The third-order valence-corrected chi connectivity index (χ3v) is 3.01. The zero-order valence-electron chi connectivity index (χ0n) is 11.1. The Morgan fingerprint density at radius 3 is 2.44 bits per heavy atom. The van der Waals surface area contributed by atoms with Crippen molar-refractivity contribution in [1.82, 2.24) is 5.32 Å². The zero-order chi connectivity index (χ0) is 13.2. The van der Waals surface area contributed by atoms with Gasteiger partial charge in [0.15, 0.2) is 0 Å². The predicted molar refractivity (Wildman–Crippen MR) is 73.6 cm³/mol. The summed E-state index contributed by atoms with van der Waals surface area (Å²) in [6.07, 6.45) is 5.94. The second kappa shape index (κ2) is 8.70. The van der Waals surface area contributed by atoms with E-state index in [1.165, 1.54) is 25.7 Å². The Hall–Kier alpha value is -1.35. The number of rotatable bonds is 9. The van der Waals surface area contributed by atoms with Gasteiger partial charge < -0.3 is 10.4 Å². The third-order valence-electron chi connectivity index (χ3n) is 3.01. The average Bonchev–Trinajstić information content (AvgIpc) is 2.38. The largest absolute Gasteiger partial charge is 0.480 e. The number of unbranched alkanes of at least 4 members (excludes halogenated alkanes) is 4. The summed E-state index contributed by atoms with van der Waals surface area (Å²) in [4.78, 5) is 11.2. The summed E-state index contributed by atoms with van der Waals surface area (Å²) in [6, 6.07) is 8.75. The molecule has 0 saturated heterocycles. The summed E-state index contributed by atoms with van der Waals surface area (Å²) in [6.45, 7) is 2.95. The Kier molecular flexibility index (Phi) is 7.11. The first kappa shape index (κ1) is 14.7. The van der Waals surface area contributed by atoms with E-state index in [1.54, 1.807) is 0 Å². The lowest BCUT2D eigenvalue weighted by Crippen LogP contribution is -2.29. The standard InChI is InChI=1S/C15H23NO2/c1-2-3-4-5-9-12-16-14(15(17)18)13-10-7-6-8-11-13/h6-8,10-11,14,16H,2-5,9,12H2,1H3,(H,17,18)/t14-/m0/s1. The summed E-state index contributed by atoms with van der Waals surface area (Å²) in [5, 5.41) is 12.3. The Labute approximate surface area is 109 Å². The van der Waals surface area contributed by atoms with E-state index in [-0.39, 0.29) is 0 Å². The number of carboxylic acid groups (broad SMARTS) is 1. The maximum absolute atomic E-state index is 11.2. The van der Waals surface area contributed by atoms with Gasteiger partial charge in [-0.1, -0.05) is 62.9 Å². The molecule has 0 fully saturated rings. The first-order valence-electron chi connectivity index (χ1n) is 6.77. The summed E-state index contributed by atoms with van der Waals surface area (Å²) in [7, 11) is 0. The van der Waals surface area contributed by atoms with E-state index in [2.05, 4.69) is 12.2 Å². The van der Waals surface area contributed by atoms with Crippen LogP contribution < -0.4 is 5.32 Å². The molecule has 1 atom stereocenters. The lowest BCUT2D eigenvalue weighted by atomic mass is 10.1. The fraction of sp³-hybridized carbons (Fsp3) is 0.533. The molecule has 1 aromatic carbocycles. The number of aliphatic carboxylic acids is 1. The molecule has 0 aliphatic carbocycles. The molecule has 0 unspecified atom stereocenters.